The van der Waals surface area contributed by atoms with Crippen LogP contribution in [0.1, 0.15) is 5.69 Å². The van der Waals surface area contributed by atoms with Gasteiger partial charge in [0, 0.05) is 6.20 Å². The predicted octanol–water partition coefficient (Wildman–Crippen LogP) is 1.33. The summed E-state index contributed by atoms with van der Waals surface area (Å²) in [6, 6.07) is 11.4. The van der Waals surface area contributed by atoms with Crippen LogP contribution in [-0.2, 0) is 11.3 Å². The second-order valence-electron chi connectivity index (χ2n) is 4.60. The van der Waals surface area contributed by atoms with Crippen molar-refractivity contribution in [3.05, 3.63) is 48.3 Å². The zero-order valence-corrected chi connectivity index (χ0v) is 10.8. The van der Waals surface area contributed by atoms with E-state index < -0.39 is 0 Å². The van der Waals surface area contributed by atoms with Crippen molar-refractivity contribution in [2.24, 2.45) is 5.84 Å². The number of hydrogen-bond acceptors (Lipinski definition) is 5. The molecule has 0 radical (unpaired) electrons. The first kappa shape index (κ1) is 12.4. The van der Waals surface area contributed by atoms with E-state index in [0.717, 1.165) is 22.8 Å². The van der Waals surface area contributed by atoms with Gasteiger partial charge in [-0.3, -0.25) is 15.6 Å². The molecule has 1 aromatic heterocycles. The van der Waals surface area contributed by atoms with Crippen LogP contribution in [0.25, 0.3) is 0 Å². The lowest BCUT2D eigenvalue weighted by Gasteiger charge is -2.30. The van der Waals surface area contributed by atoms with Gasteiger partial charge in [-0.1, -0.05) is 12.1 Å². The normalized spacial score (nSPS) is 13.7. The number of carbonyl (C=O) groups excluding carboxylic acids is 1. The first-order valence-electron chi connectivity index (χ1n) is 6.31. The average molecular weight is 269 g/mol. The number of nitrogens with one attached hydrogen (secondary N) is 2. The number of benzene rings is 1. The molecular formula is C14H15N5O. The molecule has 0 fully saturated rings. The van der Waals surface area contributed by atoms with Crippen LogP contribution in [-0.4, -0.2) is 17.4 Å². The first-order valence-corrected chi connectivity index (χ1v) is 6.31. The van der Waals surface area contributed by atoms with Crippen LogP contribution >= 0.6 is 0 Å². The Morgan fingerprint density at radius 1 is 1.35 bits per heavy atom. The molecule has 102 valence electrons. The van der Waals surface area contributed by atoms with Gasteiger partial charge < -0.3 is 15.6 Å². The van der Waals surface area contributed by atoms with E-state index in [-0.39, 0.29) is 5.91 Å². The maximum atomic E-state index is 11.7. The van der Waals surface area contributed by atoms with Crippen LogP contribution in [0, 0.1) is 0 Å². The largest absolute Gasteiger partial charge is 0.355 e. The van der Waals surface area contributed by atoms with E-state index in [1.165, 1.54) is 0 Å². The predicted molar refractivity (Wildman–Crippen MR) is 78.2 cm³/mol. The molecule has 1 aromatic carbocycles. The van der Waals surface area contributed by atoms with E-state index in [1.807, 2.05) is 35.2 Å². The van der Waals surface area contributed by atoms with E-state index >= 15 is 0 Å². The number of aromatic nitrogens is 1. The number of carbonyl (C=O) groups is 1. The fraction of sp³-hybridized carbons (Fsp3) is 0.143. The molecule has 0 spiro atoms. The maximum absolute atomic E-state index is 11.7. The van der Waals surface area contributed by atoms with E-state index in [0.29, 0.717) is 13.1 Å². The minimum absolute atomic E-state index is 0.0168. The third kappa shape index (κ3) is 2.41. The number of nitrogen functional groups attached to an aromatic ring is 1. The molecule has 0 unspecified atom stereocenters. The van der Waals surface area contributed by atoms with E-state index in [1.54, 1.807) is 12.3 Å². The number of pyridine rings is 1. The first-order chi connectivity index (χ1) is 9.76. The molecule has 1 amide bonds. The molecule has 0 bridgehead atoms. The van der Waals surface area contributed by atoms with Gasteiger partial charge in [-0.05, 0) is 24.3 Å². The third-order valence-corrected chi connectivity index (χ3v) is 3.19. The lowest BCUT2D eigenvalue weighted by Crippen LogP contribution is -2.37. The molecule has 1 aliphatic heterocycles. The molecule has 0 atom stereocenters. The minimum atomic E-state index is -0.0168. The van der Waals surface area contributed by atoms with Gasteiger partial charge in [-0.25, -0.2) is 0 Å². The van der Waals surface area contributed by atoms with Gasteiger partial charge in [0.05, 0.1) is 35.8 Å². The highest BCUT2D eigenvalue weighted by Gasteiger charge is 2.21. The zero-order valence-electron chi connectivity index (χ0n) is 10.8. The number of hydrazine groups is 1. The standard InChI is InChI=1S/C14H15N5O/c15-18-10-5-6-16-11(7-10)8-19-9-14(20)17-12-3-1-2-4-13(12)19/h1-7H,8-9,15H2,(H,16,18)(H,17,20). The summed E-state index contributed by atoms with van der Waals surface area (Å²) in [7, 11) is 0. The van der Waals surface area contributed by atoms with Crippen molar-refractivity contribution in [1.29, 1.82) is 0 Å². The summed E-state index contributed by atoms with van der Waals surface area (Å²) in [5.41, 5.74) is 6.07. The maximum Gasteiger partial charge on any atom is 0.243 e. The summed E-state index contributed by atoms with van der Waals surface area (Å²) >= 11 is 0. The van der Waals surface area contributed by atoms with E-state index in [2.05, 4.69) is 15.7 Å². The highest BCUT2D eigenvalue weighted by Crippen LogP contribution is 2.29. The number of fused-ring (bicyclic) bond motifs is 1. The minimum Gasteiger partial charge on any atom is -0.355 e. The van der Waals surface area contributed by atoms with E-state index in [9.17, 15) is 4.79 Å². The Labute approximate surface area is 116 Å². The number of hydrogen-bond donors (Lipinski definition) is 3. The molecule has 2 aromatic rings. The van der Waals surface area contributed by atoms with Gasteiger partial charge in [0.25, 0.3) is 0 Å². The molecule has 0 saturated carbocycles. The fourth-order valence-electron chi connectivity index (χ4n) is 2.29. The summed E-state index contributed by atoms with van der Waals surface area (Å²) in [6.45, 7) is 0.874. The number of nitrogens with zero attached hydrogens (tertiary/aromatic N) is 2. The molecule has 3 rings (SSSR count). The highest BCUT2D eigenvalue weighted by atomic mass is 16.2. The van der Waals surface area contributed by atoms with Crippen molar-refractivity contribution in [2.75, 3.05) is 22.2 Å². The molecule has 6 nitrogen and oxygen atoms in total. The average Bonchev–Trinajstić information content (AvgIpc) is 2.47. The molecule has 20 heavy (non-hydrogen) atoms. The number of para-hydroxylation sites is 2. The smallest absolute Gasteiger partial charge is 0.243 e. The van der Waals surface area contributed by atoms with Gasteiger partial charge >= 0.3 is 0 Å². The Bertz CT molecular complexity index is 643. The number of rotatable bonds is 3. The fourth-order valence-corrected chi connectivity index (χ4v) is 2.29. The highest BCUT2D eigenvalue weighted by molar-refractivity contribution is 6.01. The summed E-state index contributed by atoms with van der Waals surface area (Å²) in [6.07, 6.45) is 1.69. The second-order valence-corrected chi connectivity index (χ2v) is 4.60. The summed E-state index contributed by atoms with van der Waals surface area (Å²) in [4.78, 5) is 18.1. The monoisotopic (exact) mass is 269 g/mol. The van der Waals surface area contributed by atoms with Gasteiger partial charge in [0.2, 0.25) is 5.91 Å². The SMILES string of the molecule is NNc1ccnc(CN2CC(=O)Nc3ccccc32)c1. The van der Waals surface area contributed by atoms with Crippen molar-refractivity contribution in [3.63, 3.8) is 0 Å². The third-order valence-electron chi connectivity index (χ3n) is 3.19. The zero-order chi connectivity index (χ0) is 13.9. The molecule has 2 heterocycles. The molecule has 1 aliphatic rings. The Balaban J connectivity index is 1.88. The van der Waals surface area contributed by atoms with Gasteiger partial charge in [0.15, 0.2) is 0 Å². The number of amides is 1. The summed E-state index contributed by atoms with van der Waals surface area (Å²) in [5, 5.41) is 2.86. The van der Waals surface area contributed by atoms with Crippen molar-refractivity contribution in [2.45, 2.75) is 6.54 Å². The van der Waals surface area contributed by atoms with Crippen molar-refractivity contribution in [1.82, 2.24) is 4.98 Å². The van der Waals surface area contributed by atoms with Gasteiger partial charge in [-0.15, -0.1) is 0 Å². The summed E-state index contributed by atoms with van der Waals surface area (Å²) in [5.74, 6) is 5.38. The Morgan fingerprint density at radius 3 is 3.05 bits per heavy atom. The van der Waals surface area contributed by atoms with Crippen LogP contribution in [0.5, 0.6) is 0 Å². The van der Waals surface area contributed by atoms with Crippen LogP contribution in [0.2, 0.25) is 0 Å². The van der Waals surface area contributed by atoms with E-state index in [4.69, 9.17) is 5.84 Å². The second kappa shape index (κ2) is 5.18. The topological polar surface area (TPSA) is 83.3 Å². The molecule has 0 saturated heterocycles. The quantitative estimate of drug-likeness (QED) is 0.578. The van der Waals surface area contributed by atoms with Crippen molar-refractivity contribution in [3.8, 4) is 0 Å². The Hall–Kier alpha value is -2.60. The van der Waals surface area contributed by atoms with Gasteiger partial charge in [0.1, 0.15) is 0 Å². The number of anilines is 3. The molecule has 0 aliphatic carbocycles. The summed E-state index contributed by atoms with van der Waals surface area (Å²) < 4.78 is 0. The molecular weight excluding hydrogens is 254 g/mol. The number of nitrogens with two attached hydrogens (primary N) is 1. The Kier molecular flexibility index (Phi) is 3.22. The molecule has 4 N–H and O–H groups in total. The van der Waals surface area contributed by atoms with Crippen LogP contribution in [0.15, 0.2) is 42.6 Å². The molecule has 6 heteroatoms. The van der Waals surface area contributed by atoms with Crippen molar-refractivity contribution < 1.29 is 4.79 Å². The van der Waals surface area contributed by atoms with Gasteiger partial charge in [-0.2, -0.15) is 0 Å². The van der Waals surface area contributed by atoms with Crippen LogP contribution in [0.3, 0.4) is 0 Å². The Morgan fingerprint density at radius 2 is 2.20 bits per heavy atom. The lowest BCUT2D eigenvalue weighted by molar-refractivity contribution is -0.115. The van der Waals surface area contributed by atoms with Crippen LogP contribution < -0.4 is 21.5 Å². The van der Waals surface area contributed by atoms with Crippen LogP contribution in [0.4, 0.5) is 17.1 Å². The lowest BCUT2D eigenvalue weighted by atomic mass is 10.2. The van der Waals surface area contributed by atoms with Crippen molar-refractivity contribution >= 4 is 23.0 Å².